The van der Waals surface area contributed by atoms with Gasteiger partial charge in [-0.05, 0) is 35.9 Å². The van der Waals surface area contributed by atoms with Gasteiger partial charge in [-0.25, -0.2) is 0 Å². The largest absolute Gasteiger partial charge is 0.507 e. The summed E-state index contributed by atoms with van der Waals surface area (Å²) in [4.78, 5) is 15.7. The van der Waals surface area contributed by atoms with Gasteiger partial charge in [0.2, 0.25) is 0 Å². The van der Waals surface area contributed by atoms with Crippen molar-refractivity contribution in [3.05, 3.63) is 66.0 Å². The number of hydrogen-bond donors (Lipinski definition) is 1. The van der Waals surface area contributed by atoms with Gasteiger partial charge in [-0.1, -0.05) is 18.2 Å². The molecule has 0 saturated carbocycles. The van der Waals surface area contributed by atoms with E-state index in [-0.39, 0.29) is 11.5 Å². The number of hydrogen-bond acceptors (Lipinski definition) is 3. The van der Waals surface area contributed by atoms with Crippen LogP contribution in [0.3, 0.4) is 0 Å². The first kappa shape index (κ1) is 11.1. The van der Waals surface area contributed by atoms with Crippen molar-refractivity contribution in [2.45, 2.75) is 0 Å². The zero-order valence-electron chi connectivity index (χ0n) is 9.08. The monoisotopic (exact) mass is 225 g/mol. The number of aromatic hydroxyl groups is 1. The number of aromatic nitrogens is 1. The minimum atomic E-state index is -0.222. The summed E-state index contributed by atoms with van der Waals surface area (Å²) < 4.78 is 0. The molecule has 1 aromatic carbocycles. The fraction of sp³-hybridized carbons (Fsp3) is 0. The number of pyridine rings is 1. The number of phenolic OH excluding ortho intramolecular Hbond substituents is 1. The average molecular weight is 225 g/mol. The topological polar surface area (TPSA) is 50.2 Å². The van der Waals surface area contributed by atoms with E-state index >= 15 is 0 Å². The maximum atomic E-state index is 11.8. The normalized spacial score (nSPS) is 10.6. The number of allylic oxidation sites excluding steroid dienone is 1. The lowest BCUT2D eigenvalue weighted by Gasteiger charge is -1.98. The molecule has 0 aliphatic carbocycles. The summed E-state index contributed by atoms with van der Waals surface area (Å²) in [6.45, 7) is 0. The first-order valence-electron chi connectivity index (χ1n) is 5.18. The van der Waals surface area contributed by atoms with E-state index in [1.165, 1.54) is 12.1 Å². The van der Waals surface area contributed by atoms with Crippen molar-refractivity contribution in [3.8, 4) is 5.75 Å². The van der Waals surface area contributed by atoms with E-state index < -0.39 is 0 Å². The van der Waals surface area contributed by atoms with Crippen LogP contribution in [0.15, 0.2) is 54.9 Å². The summed E-state index contributed by atoms with van der Waals surface area (Å²) in [5, 5.41) is 9.51. The zero-order valence-corrected chi connectivity index (χ0v) is 9.08. The molecule has 0 bridgehead atoms. The van der Waals surface area contributed by atoms with E-state index in [0.29, 0.717) is 5.56 Å². The quantitative estimate of drug-likeness (QED) is 0.645. The fourth-order valence-electron chi connectivity index (χ4n) is 1.42. The molecule has 84 valence electrons. The van der Waals surface area contributed by atoms with Crippen molar-refractivity contribution in [3.63, 3.8) is 0 Å². The third kappa shape index (κ3) is 2.78. The van der Waals surface area contributed by atoms with Crippen LogP contribution in [0, 0.1) is 0 Å². The lowest BCUT2D eigenvalue weighted by atomic mass is 10.1. The molecular weight excluding hydrogens is 214 g/mol. The number of ketones is 1. The second-order valence-corrected chi connectivity index (χ2v) is 3.50. The van der Waals surface area contributed by atoms with Gasteiger partial charge in [0.1, 0.15) is 5.75 Å². The molecule has 1 heterocycles. The molecule has 3 nitrogen and oxygen atoms in total. The predicted octanol–water partition coefficient (Wildman–Crippen LogP) is 2.68. The van der Waals surface area contributed by atoms with Crippen LogP contribution in [-0.2, 0) is 0 Å². The second kappa shape index (κ2) is 5.07. The van der Waals surface area contributed by atoms with Crippen LogP contribution >= 0.6 is 0 Å². The molecule has 0 aliphatic rings. The number of phenols is 1. The molecule has 0 saturated heterocycles. The molecule has 0 spiro atoms. The summed E-state index contributed by atoms with van der Waals surface area (Å²) in [6, 6.07) is 10.1. The highest BCUT2D eigenvalue weighted by atomic mass is 16.3. The van der Waals surface area contributed by atoms with Crippen LogP contribution in [0.5, 0.6) is 5.75 Å². The molecule has 0 unspecified atom stereocenters. The maximum absolute atomic E-state index is 11.8. The predicted molar refractivity (Wildman–Crippen MR) is 65.7 cm³/mol. The van der Waals surface area contributed by atoms with Gasteiger partial charge in [0.15, 0.2) is 5.78 Å². The van der Waals surface area contributed by atoms with Gasteiger partial charge in [0.05, 0.1) is 5.56 Å². The van der Waals surface area contributed by atoms with E-state index in [1.807, 2.05) is 0 Å². The number of benzene rings is 1. The van der Waals surface area contributed by atoms with Gasteiger partial charge in [-0.2, -0.15) is 0 Å². The Morgan fingerprint density at radius 3 is 2.53 bits per heavy atom. The molecule has 0 radical (unpaired) electrons. The Kier molecular flexibility index (Phi) is 3.31. The Bertz CT molecular complexity index is 547. The van der Waals surface area contributed by atoms with Gasteiger partial charge >= 0.3 is 0 Å². The summed E-state index contributed by atoms with van der Waals surface area (Å²) in [5.41, 5.74) is 1.20. The minimum Gasteiger partial charge on any atom is -0.507 e. The van der Waals surface area contributed by atoms with E-state index in [1.54, 1.807) is 48.8 Å². The summed E-state index contributed by atoms with van der Waals surface area (Å²) >= 11 is 0. The van der Waals surface area contributed by atoms with Gasteiger partial charge in [-0.3, -0.25) is 9.78 Å². The average Bonchev–Trinajstić information content (AvgIpc) is 2.38. The van der Waals surface area contributed by atoms with Crippen molar-refractivity contribution >= 4 is 11.9 Å². The summed E-state index contributed by atoms with van der Waals surface area (Å²) in [6.07, 6.45) is 6.44. The smallest absolute Gasteiger partial charge is 0.189 e. The molecule has 0 amide bonds. The minimum absolute atomic E-state index is 0.00289. The number of nitrogens with zero attached hydrogens (tertiary/aromatic N) is 1. The molecule has 2 rings (SSSR count). The van der Waals surface area contributed by atoms with Crippen molar-refractivity contribution in [1.29, 1.82) is 0 Å². The Hall–Kier alpha value is -2.42. The molecule has 0 aliphatic heterocycles. The fourth-order valence-corrected chi connectivity index (χ4v) is 1.42. The molecule has 1 aromatic heterocycles. The number of rotatable bonds is 3. The van der Waals surface area contributed by atoms with Crippen molar-refractivity contribution < 1.29 is 9.90 Å². The van der Waals surface area contributed by atoms with Crippen molar-refractivity contribution in [1.82, 2.24) is 4.98 Å². The Morgan fingerprint density at radius 1 is 1.12 bits per heavy atom. The van der Waals surface area contributed by atoms with Crippen molar-refractivity contribution in [2.24, 2.45) is 0 Å². The molecule has 17 heavy (non-hydrogen) atoms. The van der Waals surface area contributed by atoms with Crippen LogP contribution in [0.2, 0.25) is 0 Å². The SMILES string of the molecule is O=C(/C=C/c1ccncc1)c1ccccc1O. The molecule has 2 aromatic rings. The number of carbonyl (C=O) groups is 1. The first-order chi connectivity index (χ1) is 8.27. The standard InChI is InChI=1S/C14H11NO2/c16-13-4-2-1-3-12(13)14(17)6-5-11-7-9-15-10-8-11/h1-10,16H/b6-5+. The van der Waals surface area contributed by atoms with Crippen LogP contribution in [-0.4, -0.2) is 15.9 Å². The van der Waals surface area contributed by atoms with Gasteiger partial charge in [-0.15, -0.1) is 0 Å². The van der Waals surface area contributed by atoms with Gasteiger partial charge in [0, 0.05) is 12.4 Å². The highest BCUT2D eigenvalue weighted by Crippen LogP contribution is 2.16. The third-order valence-corrected chi connectivity index (χ3v) is 2.30. The van der Waals surface area contributed by atoms with Gasteiger partial charge in [0.25, 0.3) is 0 Å². The zero-order chi connectivity index (χ0) is 12.1. The lowest BCUT2D eigenvalue weighted by Crippen LogP contribution is -1.94. The van der Waals surface area contributed by atoms with Crippen LogP contribution in [0.25, 0.3) is 6.08 Å². The first-order valence-corrected chi connectivity index (χ1v) is 5.18. The third-order valence-electron chi connectivity index (χ3n) is 2.30. The summed E-state index contributed by atoms with van der Waals surface area (Å²) in [5.74, 6) is -0.225. The van der Waals surface area contributed by atoms with E-state index in [9.17, 15) is 9.90 Å². The second-order valence-electron chi connectivity index (χ2n) is 3.50. The molecule has 1 N–H and O–H groups in total. The highest BCUT2D eigenvalue weighted by molar-refractivity contribution is 6.08. The van der Waals surface area contributed by atoms with E-state index in [4.69, 9.17) is 0 Å². The van der Waals surface area contributed by atoms with E-state index in [0.717, 1.165) is 5.56 Å². The van der Waals surface area contributed by atoms with Crippen LogP contribution in [0.4, 0.5) is 0 Å². The highest BCUT2D eigenvalue weighted by Gasteiger charge is 2.05. The summed E-state index contributed by atoms with van der Waals surface area (Å²) in [7, 11) is 0. The Balaban J connectivity index is 2.18. The number of carbonyl (C=O) groups excluding carboxylic acids is 1. The lowest BCUT2D eigenvalue weighted by molar-refractivity contribution is 0.104. The maximum Gasteiger partial charge on any atom is 0.189 e. The molecule has 0 atom stereocenters. The number of para-hydroxylation sites is 1. The molecular formula is C14H11NO2. The molecule has 0 fully saturated rings. The Morgan fingerprint density at radius 2 is 1.82 bits per heavy atom. The van der Waals surface area contributed by atoms with E-state index in [2.05, 4.69) is 4.98 Å². The van der Waals surface area contributed by atoms with Gasteiger partial charge < -0.3 is 5.11 Å². The van der Waals surface area contributed by atoms with Crippen LogP contribution in [0.1, 0.15) is 15.9 Å². The van der Waals surface area contributed by atoms with Crippen molar-refractivity contribution in [2.75, 3.05) is 0 Å². The Labute approximate surface area is 99.1 Å². The molecule has 3 heteroatoms. The van der Waals surface area contributed by atoms with Crippen LogP contribution < -0.4 is 0 Å².